The van der Waals surface area contributed by atoms with E-state index >= 15 is 0 Å². The highest BCUT2D eigenvalue weighted by Crippen LogP contribution is 2.26. The Bertz CT molecular complexity index is 1130. The Labute approximate surface area is 153 Å². The van der Waals surface area contributed by atoms with Crippen LogP contribution < -0.4 is 10.3 Å². The number of benzene rings is 1. The second kappa shape index (κ2) is 6.93. The highest BCUT2D eigenvalue weighted by molar-refractivity contribution is 7.15. The number of aromatic nitrogens is 3. The monoisotopic (exact) mass is 361 g/mol. The van der Waals surface area contributed by atoms with Crippen molar-refractivity contribution in [2.75, 3.05) is 7.11 Å². The van der Waals surface area contributed by atoms with Crippen molar-refractivity contribution in [2.24, 2.45) is 0 Å². The van der Waals surface area contributed by atoms with Gasteiger partial charge in [-0.2, -0.15) is 0 Å². The van der Waals surface area contributed by atoms with Crippen LogP contribution in [0.15, 0.2) is 65.0 Å². The lowest BCUT2D eigenvalue weighted by molar-refractivity contribution is 0.415. The third-order valence-electron chi connectivity index (χ3n) is 3.94. The molecule has 0 aliphatic heterocycles. The molecule has 0 unspecified atom stereocenters. The number of fused-ring (bicyclic) bond motifs is 1. The number of thiazole rings is 1. The second-order valence-corrected chi connectivity index (χ2v) is 6.44. The van der Waals surface area contributed by atoms with Crippen LogP contribution >= 0.6 is 11.3 Å². The first-order valence-corrected chi connectivity index (χ1v) is 8.86. The van der Waals surface area contributed by atoms with Gasteiger partial charge >= 0.3 is 0 Å². The minimum Gasteiger partial charge on any atom is -0.497 e. The fraction of sp³-hybridized carbons (Fsp3) is 0.0500. The average molecular weight is 361 g/mol. The van der Waals surface area contributed by atoms with Crippen molar-refractivity contribution in [3.05, 3.63) is 81.8 Å². The molecule has 0 fully saturated rings. The Balaban J connectivity index is 1.73. The number of rotatable bonds is 4. The lowest BCUT2D eigenvalue weighted by atomic mass is 10.1. The van der Waals surface area contributed by atoms with E-state index in [9.17, 15) is 4.79 Å². The number of hydrogen-bond donors (Lipinski definition) is 0. The number of ether oxygens (including phenoxy) is 1. The summed E-state index contributed by atoms with van der Waals surface area (Å²) < 4.78 is 6.82. The SMILES string of the molecule is COc1ccc(-c2csc3nc(C=Cc4cccnc4)cc(=O)n23)cc1. The topological polar surface area (TPSA) is 56.5 Å². The van der Waals surface area contributed by atoms with Gasteiger partial charge in [0.15, 0.2) is 4.96 Å². The quantitative estimate of drug-likeness (QED) is 0.551. The normalized spacial score (nSPS) is 11.3. The van der Waals surface area contributed by atoms with Gasteiger partial charge in [-0.1, -0.05) is 12.1 Å². The maximum absolute atomic E-state index is 12.6. The van der Waals surface area contributed by atoms with Crippen molar-refractivity contribution in [1.82, 2.24) is 14.4 Å². The van der Waals surface area contributed by atoms with Crippen molar-refractivity contribution in [1.29, 1.82) is 0 Å². The van der Waals surface area contributed by atoms with Crippen LogP contribution in [0.25, 0.3) is 28.4 Å². The van der Waals surface area contributed by atoms with Crippen LogP contribution in [0.3, 0.4) is 0 Å². The first kappa shape index (κ1) is 16.2. The van der Waals surface area contributed by atoms with Crippen molar-refractivity contribution < 1.29 is 4.74 Å². The number of nitrogens with zero attached hydrogens (tertiary/aromatic N) is 3. The van der Waals surface area contributed by atoms with E-state index in [0.717, 1.165) is 22.6 Å². The summed E-state index contributed by atoms with van der Waals surface area (Å²) in [6.45, 7) is 0. The van der Waals surface area contributed by atoms with E-state index in [4.69, 9.17) is 4.74 Å². The van der Waals surface area contributed by atoms with Crippen molar-refractivity contribution >= 4 is 28.4 Å². The number of pyridine rings is 1. The molecule has 0 aliphatic carbocycles. The molecule has 3 heterocycles. The summed E-state index contributed by atoms with van der Waals surface area (Å²) in [4.78, 5) is 22.0. The Kier molecular flexibility index (Phi) is 4.33. The van der Waals surface area contributed by atoms with Gasteiger partial charge in [0, 0.05) is 23.8 Å². The van der Waals surface area contributed by atoms with Gasteiger partial charge in [-0.05, 0) is 47.5 Å². The van der Waals surface area contributed by atoms with Gasteiger partial charge in [-0.3, -0.25) is 14.2 Å². The molecule has 6 heteroatoms. The molecule has 4 aromatic rings. The molecule has 0 spiro atoms. The summed E-state index contributed by atoms with van der Waals surface area (Å²) in [5, 5.41) is 1.94. The highest BCUT2D eigenvalue weighted by Gasteiger charge is 2.10. The van der Waals surface area contributed by atoms with E-state index in [1.807, 2.05) is 53.9 Å². The average Bonchev–Trinajstić information content (AvgIpc) is 3.12. The van der Waals surface area contributed by atoms with E-state index in [1.54, 1.807) is 30.0 Å². The highest BCUT2D eigenvalue weighted by atomic mass is 32.1. The van der Waals surface area contributed by atoms with E-state index in [1.165, 1.54) is 11.3 Å². The molecule has 1 aromatic carbocycles. The first-order valence-electron chi connectivity index (χ1n) is 7.98. The number of methoxy groups -OCH3 is 1. The van der Waals surface area contributed by atoms with Crippen molar-refractivity contribution in [3.63, 3.8) is 0 Å². The molecule has 0 radical (unpaired) electrons. The fourth-order valence-corrected chi connectivity index (χ4v) is 3.55. The van der Waals surface area contributed by atoms with Crippen LogP contribution in [-0.4, -0.2) is 21.5 Å². The van der Waals surface area contributed by atoms with Gasteiger partial charge in [0.25, 0.3) is 5.56 Å². The minimum absolute atomic E-state index is 0.104. The van der Waals surface area contributed by atoms with Gasteiger partial charge in [0.1, 0.15) is 5.75 Å². The summed E-state index contributed by atoms with van der Waals surface area (Å²) in [6.07, 6.45) is 7.20. The molecule has 0 amide bonds. The summed E-state index contributed by atoms with van der Waals surface area (Å²) in [5.74, 6) is 0.779. The van der Waals surface area contributed by atoms with Gasteiger partial charge < -0.3 is 4.74 Å². The van der Waals surface area contributed by atoms with Crippen LogP contribution in [0.5, 0.6) is 5.75 Å². The third kappa shape index (κ3) is 3.14. The largest absolute Gasteiger partial charge is 0.497 e. The second-order valence-electron chi connectivity index (χ2n) is 5.61. The molecule has 0 aliphatic rings. The van der Waals surface area contributed by atoms with Crippen LogP contribution in [-0.2, 0) is 0 Å². The third-order valence-corrected chi connectivity index (χ3v) is 4.77. The van der Waals surface area contributed by atoms with Gasteiger partial charge in [-0.15, -0.1) is 11.3 Å². The van der Waals surface area contributed by atoms with Crippen molar-refractivity contribution in [3.8, 4) is 17.0 Å². The molecule has 0 bridgehead atoms. The van der Waals surface area contributed by atoms with E-state index in [2.05, 4.69) is 9.97 Å². The Morgan fingerprint density at radius 2 is 2.00 bits per heavy atom. The molecule has 0 atom stereocenters. The zero-order chi connectivity index (χ0) is 17.9. The molecule has 128 valence electrons. The summed E-state index contributed by atoms with van der Waals surface area (Å²) in [7, 11) is 1.63. The summed E-state index contributed by atoms with van der Waals surface area (Å²) >= 11 is 1.44. The predicted molar refractivity (Wildman–Crippen MR) is 104 cm³/mol. The zero-order valence-corrected chi connectivity index (χ0v) is 14.8. The molecule has 26 heavy (non-hydrogen) atoms. The predicted octanol–water partition coefficient (Wildman–Crippen LogP) is 4.00. The van der Waals surface area contributed by atoms with E-state index < -0.39 is 0 Å². The zero-order valence-electron chi connectivity index (χ0n) is 14.0. The number of hydrogen-bond acceptors (Lipinski definition) is 5. The summed E-state index contributed by atoms with van der Waals surface area (Å²) in [5.41, 5.74) is 3.25. The summed E-state index contributed by atoms with van der Waals surface area (Å²) in [6, 6.07) is 13.0. The van der Waals surface area contributed by atoms with Crippen LogP contribution in [0.2, 0.25) is 0 Å². The van der Waals surface area contributed by atoms with Gasteiger partial charge in [0.2, 0.25) is 0 Å². The molecule has 0 N–H and O–H groups in total. The molecule has 3 aromatic heterocycles. The molecular weight excluding hydrogens is 346 g/mol. The van der Waals surface area contributed by atoms with Gasteiger partial charge in [-0.25, -0.2) is 4.98 Å². The fourth-order valence-electron chi connectivity index (χ4n) is 2.64. The molecule has 0 saturated heterocycles. The Morgan fingerprint density at radius 1 is 1.15 bits per heavy atom. The van der Waals surface area contributed by atoms with Crippen LogP contribution in [0.4, 0.5) is 0 Å². The molecular formula is C20H15N3O2S. The first-order chi connectivity index (χ1) is 12.7. The van der Waals surface area contributed by atoms with Gasteiger partial charge in [0.05, 0.1) is 18.5 Å². The maximum Gasteiger partial charge on any atom is 0.259 e. The standard InChI is InChI=1S/C20H15N3O2S/c1-25-17-8-5-15(6-9-17)18-13-26-20-22-16(11-19(24)23(18)20)7-4-14-3-2-10-21-12-14/h2-13H,1H3. The lowest BCUT2D eigenvalue weighted by Gasteiger charge is -2.04. The van der Waals surface area contributed by atoms with E-state index in [-0.39, 0.29) is 5.56 Å². The molecule has 5 nitrogen and oxygen atoms in total. The lowest BCUT2D eigenvalue weighted by Crippen LogP contribution is -2.13. The van der Waals surface area contributed by atoms with Crippen LogP contribution in [0, 0.1) is 0 Å². The van der Waals surface area contributed by atoms with Crippen LogP contribution in [0.1, 0.15) is 11.3 Å². The molecule has 0 saturated carbocycles. The maximum atomic E-state index is 12.6. The molecule has 4 rings (SSSR count). The Hall–Kier alpha value is -3.25. The van der Waals surface area contributed by atoms with Crippen molar-refractivity contribution in [2.45, 2.75) is 0 Å². The van der Waals surface area contributed by atoms with E-state index in [0.29, 0.717) is 10.7 Å². The Morgan fingerprint density at radius 3 is 2.73 bits per heavy atom. The smallest absolute Gasteiger partial charge is 0.259 e. The minimum atomic E-state index is -0.104.